The van der Waals surface area contributed by atoms with Crippen molar-refractivity contribution in [1.29, 1.82) is 0 Å². The maximum atomic E-state index is 5.50. The Kier molecular flexibility index (Phi) is 6.22. The van der Waals surface area contributed by atoms with Gasteiger partial charge in [-0.3, -0.25) is 0 Å². The van der Waals surface area contributed by atoms with Gasteiger partial charge >= 0.3 is 0 Å². The van der Waals surface area contributed by atoms with E-state index in [-0.39, 0.29) is 0 Å². The second kappa shape index (κ2) is 7.20. The van der Waals surface area contributed by atoms with Crippen molar-refractivity contribution < 1.29 is 9.47 Å². The van der Waals surface area contributed by atoms with Gasteiger partial charge in [-0.25, -0.2) is 0 Å². The molecule has 0 amide bonds. The van der Waals surface area contributed by atoms with Gasteiger partial charge in [0, 0.05) is 19.7 Å². The van der Waals surface area contributed by atoms with Crippen LogP contribution in [0.3, 0.4) is 0 Å². The van der Waals surface area contributed by atoms with Crippen LogP contribution in [0, 0.1) is 0 Å². The summed E-state index contributed by atoms with van der Waals surface area (Å²) in [5.74, 6) is 0. The van der Waals surface area contributed by atoms with Crippen molar-refractivity contribution in [3.8, 4) is 0 Å². The summed E-state index contributed by atoms with van der Waals surface area (Å²) in [7, 11) is 1.81. The van der Waals surface area contributed by atoms with Gasteiger partial charge < -0.3 is 14.8 Å². The molecular formula is C12H25NO2. The van der Waals surface area contributed by atoms with Crippen molar-refractivity contribution in [3.05, 3.63) is 0 Å². The molecule has 1 saturated carbocycles. The Hall–Kier alpha value is -0.120. The lowest BCUT2D eigenvalue weighted by Crippen LogP contribution is -2.44. The third kappa shape index (κ3) is 4.96. The predicted octanol–water partition coefficient (Wildman–Crippen LogP) is 1.96. The lowest BCUT2D eigenvalue weighted by atomic mass is 9.92. The molecular weight excluding hydrogens is 190 g/mol. The summed E-state index contributed by atoms with van der Waals surface area (Å²) < 4.78 is 11.0. The summed E-state index contributed by atoms with van der Waals surface area (Å²) >= 11 is 0. The minimum absolute atomic E-state index is 0.330. The first kappa shape index (κ1) is 12.9. The minimum atomic E-state index is 0.330. The van der Waals surface area contributed by atoms with E-state index >= 15 is 0 Å². The number of ether oxygens (including phenoxy) is 2. The van der Waals surface area contributed by atoms with Crippen LogP contribution in [-0.4, -0.2) is 38.5 Å². The van der Waals surface area contributed by atoms with Gasteiger partial charge in [-0.05, 0) is 26.7 Å². The Labute approximate surface area is 93.5 Å². The van der Waals surface area contributed by atoms with Gasteiger partial charge in [0.15, 0.2) is 0 Å². The molecule has 1 fully saturated rings. The van der Waals surface area contributed by atoms with E-state index in [4.69, 9.17) is 9.47 Å². The average molecular weight is 215 g/mol. The molecule has 3 nitrogen and oxygen atoms in total. The van der Waals surface area contributed by atoms with E-state index in [0.717, 1.165) is 13.2 Å². The van der Waals surface area contributed by atoms with Crippen LogP contribution in [0.15, 0.2) is 0 Å². The number of nitrogens with one attached hydrogen (secondary N) is 1. The van der Waals surface area contributed by atoms with Crippen LogP contribution in [0.1, 0.15) is 39.5 Å². The van der Waals surface area contributed by atoms with Crippen molar-refractivity contribution in [1.82, 2.24) is 5.32 Å². The second-order valence-corrected chi connectivity index (χ2v) is 4.54. The fourth-order valence-corrected chi connectivity index (χ4v) is 2.15. The summed E-state index contributed by atoms with van der Waals surface area (Å²) in [5, 5.41) is 3.53. The van der Waals surface area contributed by atoms with Crippen LogP contribution in [0.2, 0.25) is 0 Å². The second-order valence-electron chi connectivity index (χ2n) is 4.54. The number of rotatable bonds is 6. The molecule has 0 radical (unpaired) electrons. The van der Waals surface area contributed by atoms with Gasteiger partial charge in [0.05, 0.1) is 18.8 Å². The molecule has 0 saturated heterocycles. The minimum Gasteiger partial charge on any atom is -0.380 e. The predicted molar refractivity (Wildman–Crippen MR) is 62.1 cm³/mol. The molecule has 1 aliphatic rings. The quantitative estimate of drug-likeness (QED) is 0.687. The summed E-state index contributed by atoms with van der Waals surface area (Å²) in [6.07, 6.45) is 5.79. The van der Waals surface area contributed by atoms with Crippen molar-refractivity contribution in [3.63, 3.8) is 0 Å². The largest absolute Gasteiger partial charge is 0.380 e. The summed E-state index contributed by atoms with van der Waals surface area (Å²) in [6, 6.07) is 0.527. The van der Waals surface area contributed by atoms with E-state index in [2.05, 4.69) is 19.2 Å². The molecule has 0 heterocycles. The molecule has 0 aliphatic heterocycles. The Morgan fingerprint density at radius 2 is 2.00 bits per heavy atom. The van der Waals surface area contributed by atoms with E-state index in [1.165, 1.54) is 25.7 Å². The number of methoxy groups -OCH3 is 1. The van der Waals surface area contributed by atoms with Crippen LogP contribution in [-0.2, 0) is 9.47 Å². The zero-order valence-electron chi connectivity index (χ0n) is 10.3. The molecule has 1 N–H and O–H groups in total. The Balaban J connectivity index is 2.12. The molecule has 2 atom stereocenters. The monoisotopic (exact) mass is 215 g/mol. The Morgan fingerprint density at radius 1 is 1.27 bits per heavy atom. The van der Waals surface area contributed by atoms with Gasteiger partial charge in [-0.2, -0.15) is 0 Å². The normalized spacial score (nSPS) is 27.2. The summed E-state index contributed by atoms with van der Waals surface area (Å²) in [5.41, 5.74) is 0. The van der Waals surface area contributed by atoms with Gasteiger partial charge in [-0.1, -0.05) is 12.8 Å². The van der Waals surface area contributed by atoms with Crippen LogP contribution in [0.4, 0.5) is 0 Å². The van der Waals surface area contributed by atoms with Crippen molar-refractivity contribution in [2.75, 3.05) is 20.3 Å². The smallest absolute Gasteiger partial charge is 0.0724 e. The molecule has 0 aromatic carbocycles. The SMILES string of the molecule is COC1CCCCC1NCCOC(C)C. The molecule has 90 valence electrons. The summed E-state index contributed by atoms with van der Waals surface area (Å²) in [4.78, 5) is 0. The van der Waals surface area contributed by atoms with Crippen LogP contribution >= 0.6 is 0 Å². The highest BCUT2D eigenvalue weighted by molar-refractivity contribution is 4.81. The van der Waals surface area contributed by atoms with Crippen molar-refractivity contribution in [2.24, 2.45) is 0 Å². The van der Waals surface area contributed by atoms with Gasteiger partial charge in [-0.15, -0.1) is 0 Å². The third-order valence-electron chi connectivity index (χ3n) is 2.97. The number of hydrogen-bond acceptors (Lipinski definition) is 3. The zero-order chi connectivity index (χ0) is 11.1. The molecule has 3 heteroatoms. The van der Waals surface area contributed by atoms with Gasteiger partial charge in [0.25, 0.3) is 0 Å². The fourth-order valence-electron chi connectivity index (χ4n) is 2.15. The Bertz CT molecular complexity index is 162. The molecule has 0 bridgehead atoms. The first-order chi connectivity index (χ1) is 7.24. The first-order valence-electron chi connectivity index (χ1n) is 6.12. The zero-order valence-corrected chi connectivity index (χ0v) is 10.3. The summed E-state index contributed by atoms with van der Waals surface area (Å²) in [6.45, 7) is 5.87. The van der Waals surface area contributed by atoms with E-state index in [1.54, 1.807) is 0 Å². The fraction of sp³-hybridized carbons (Fsp3) is 1.00. The molecule has 1 rings (SSSR count). The highest BCUT2D eigenvalue weighted by Gasteiger charge is 2.23. The van der Waals surface area contributed by atoms with Crippen LogP contribution in [0.5, 0.6) is 0 Å². The maximum Gasteiger partial charge on any atom is 0.0724 e. The highest BCUT2D eigenvalue weighted by atomic mass is 16.5. The molecule has 0 spiro atoms. The van der Waals surface area contributed by atoms with Crippen molar-refractivity contribution >= 4 is 0 Å². The third-order valence-corrected chi connectivity index (χ3v) is 2.97. The topological polar surface area (TPSA) is 30.5 Å². The van der Waals surface area contributed by atoms with Gasteiger partial charge in [0.2, 0.25) is 0 Å². The van der Waals surface area contributed by atoms with E-state index in [0.29, 0.717) is 18.2 Å². The lowest BCUT2D eigenvalue weighted by molar-refractivity contribution is 0.0333. The molecule has 2 unspecified atom stereocenters. The van der Waals surface area contributed by atoms with E-state index < -0.39 is 0 Å². The molecule has 0 aromatic rings. The standard InChI is InChI=1S/C12H25NO2/c1-10(2)15-9-8-13-11-6-4-5-7-12(11)14-3/h10-13H,4-9H2,1-3H3. The Morgan fingerprint density at radius 3 is 2.67 bits per heavy atom. The first-order valence-corrected chi connectivity index (χ1v) is 6.12. The van der Waals surface area contributed by atoms with Crippen molar-refractivity contribution in [2.45, 2.75) is 57.8 Å². The highest BCUT2D eigenvalue weighted by Crippen LogP contribution is 2.20. The van der Waals surface area contributed by atoms with Gasteiger partial charge in [0.1, 0.15) is 0 Å². The maximum absolute atomic E-state index is 5.50. The lowest BCUT2D eigenvalue weighted by Gasteiger charge is -2.31. The molecule has 0 aromatic heterocycles. The average Bonchev–Trinajstić information content (AvgIpc) is 2.24. The van der Waals surface area contributed by atoms with Crippen LogP contribution in [0.25, 0.3) is 0 Å². The van der Waals surface area contributed by atoms with E-state index in [1.807, 2.05) is 7.11 Å². The molecule has 1 aliphatic carbocycles. The number of hydrogen-bond donors (Lipinski definition) is 1. The van der Waals surface area contributed by atoms with E-state index in [9.17, 15) is 0 Å². The molecule has 15 heavy (non-hydrogen) atoms. The van der Waals surface area contributed by atoms with Crippen LogP contribution < -0.4 is 5.32 Å².